The molecule has 0 unspecified atom stereocenters. The SMILES string of the molecule is CCOc1c(C(=O)O)c(C(=O)O)c(OCC)c2ccccc12.[Na]. The number of aromatic carboxylic acids is 2. The standard InChI is InChI=1S/C16H16O6.Na/c1-3-21-13-9-7-5-6-8-10(9)14(22-4-2)12(16(19)20)11(13)15(17)18;/h5-8H,3-4H2,1-2H3,(H,17,18)(H,19,20);. The number of carboxylic acids is 2. The minimum atomic E-state index is -1.37. The monoisotopic (exact) mass is 327 g/mol. The molecular weight excluding hydrogens is 311 g/mol. The van der Waals surface area contributed by atoms with Crippen LogP contribution in [0.25, 0.3) is 10.8 Å². The molecule has 0 saturated carbocycles. The van der Waals surface area contributed by atoms with Crippen molar-refractivity contribution in [3.63, 3.8) is 0 Å². The number of fused-ring (bicyclic) bond motifs is 1. The summed E-state index contributed by atoms with van der Waals surface area (Å²) < 4.78 is 10.9. The fourth-order valence-electron chi connectivity index (χ4n) is 2.37. The van der Waals surface area contributed by atoms with E-state index in [-0.39, 0.29) is 54.3 Å². The maximum Gasteiger partial charge on any atom is 0.340 e. The second-order valence-corrected chi connectivity index (χ2v) is 4.43. The summed E-state index contributed by atoms with van der Waals surface area (Å²) in [7, 11) is 0. The Kier molecular flexibility index (Phi) is 6.87. The first-order valence-corrected chi connectivity index (χ1v) is 6.83. The second-order valence-electron chi connectivity index (χ2n) is 4.43. The molecule has 0 amide bonds. The van der Waals surface area contributed by atoms with E-state index in [1.165, 1.54) is 0 Å². The van der Waals surface area contributed by atoms with E-state index in [1.807, 2.05) is 0 Å². The minimum Gasteiger partial charge on any atom is -0.492 e. The molecule has 1 radical (unpaired) electrons. The summed E-state index contributed by atoms with van der Waals surface area (Å²) in [4.78, 5) is 23.2. The predicted molar refractivity (Wildman–Crippen MR) is 86.0 cm³/mol. The van der Waals surface area contributed by atoms with Crippen LogP contribution in [0.4, 0.5) is 0 Å². The van der Waals surface area contributed by atoms with Crippen LogP contribution in [-0.2, 0) is 0 Å². The third-order valence-corrected chi connectivity index (χ3v) is 3.13. The fourth-order valence-corrected chi connectivity index (χ4v) is 2.37. The van der Waals surface area contributed by atoms with Gasteiger partial charge < -0.3 is 19.7 Å². The van der Waals surface area contributed by atoms with Crippen molar-refractivity contribution in [2.75, 3.05) is 13.2 Å². The van der Waals surface area contributed by atoms with Gasteiger partial charge in [0.2, 0.25) is 0 Å². The van der Waals surface area contributed by atoms with Gasteiger partial charge in [0.25, 0.3) is 0 Å². The molecule has 2 rings (SSSR count). The molecule has 7 heteroatoms. The Labute approximate surface area is 155 Å². The van der Waals surface area contributed by atoms with Gasteiger partial charge in [0.05, 0.1) is 13.2 Å². The van der Waals surface area contributed by atoms with E-state index in [9.17, 15) is 19.8 Å². The number of benzene rings is 2. The van der Waals surface area contributed by atoms with Gasteiger partial charge in [-0.3, -0.25) is 0 Å². The molecule has 2 aromatic carbocycles. The van der Waals surface area contributed by atoms with Gasteiger partial charge in [-0.05, 0) is 13.8 Å². The Morgan fingerprint density at radius 2 is 1.22 bits per heavy atom. The maximum absolute atomic E-state index is 11.6. The molecule has 0 aliphatic heterocycles. The van der Waals surface area contributed by atoms with E-state index in [2.05, 4.69) is 0 Å². The van der Waals surface area contributed by atoms with Crippen LogP contribution in [0, 0.1) is 0 Å². The first kappa shape index (κ1) is 19.3. The van der Waals surface area contributed by atoms with Gasteiger partial charge in [-0.15, -0.1) is 0 Å². The summed E-state index contributed by atoms with van der Waals surface area (Å²) in [5, 5.41) is 20.0. The number of rotatable bonds is 6. The van der Waals surface area contributed by atoms with Crippen LogP contribution in [0.2, 0.25) is 0 Å². The third kappa shape index (κ3) is 3.60. The summed E-state index contributed by atoms with van der Waals surface area (Å²) in [6, 6.07) is 6.82. The van der Waals surface area contributed by atoms with Crippen molar-refractivity contribution < 1.29 is 29.3 Å². The molecule has 0 aliphatic rings. The molecule has 0 atom stereocenters. The van der Waals surface area contributed by atoms with Crippen molar-refractivity contribution in [2.45, 2.75) is 13.8 Å². The van der Waals surface area contributed by atoms with Gasteiger partial charge >= 0.3 is 11.9 Å². The number of hydrogen-bond acceptors (Lipinski definition) is 4. The molecular formula is C16H16NaO6. The van der Waals surface area contributed by atoms with E-state index < -0.39 is 23.1 Å². The molecule has 2 aromatic rings. The van der Waals surface area contributed by atoms with E-state index in [0.29, 0.717) is 10.8 Å². The summed E-state index contributed by atoms with van der Waals surface area (Å²) in [6.07, 6.45) is 0. The Balaban J connectivity index is 0.00000264. The second kappa shape index (κ2) is 8.19. The van der Waals surface area contributed by atoms with Crippen molar-refractivity contribution in [3.05, 3.63) is 35.4 Å². The summed E-state index contributed by atoms with van der Waals surface area (Å²) >= 11 is 0. The third-order valence-electron chi connectivity index (χ3n) is 3.13. The van der Waals surface area contributed by atoms with E-state index in [1.54, 1.807) is 38.1 Å². The van der Waals surface area contributed by atoms with E-state index >= 15 is 0 Å². The van der Waals surface area contributed by atoms with Gasteiger partial charge in [0.1, 0.15) is 22.6 Å². The van der Waals surface area contributed by atoms with Crippen molar-refractivity contribution in [3.8, 4) is 11.5 Å². The average molecular weight is 327 g/mol. The molecule has 0 spiro atoms. The Morgan fingerprint density at radius 1 is 0.870 bits per heavy atom. The normalized spacial score (nSPS) is 10.0. The maximum atomic E-state index is 11.6. The first-order chi connectivity index (χ1) is 10.5. The number of ether oxygens (including phenoxy) is 2. The molecule has 0 fully saturated rings. The van der Waals surface area contributed by atoms with Crippen LogP contribution in [-0.4, -0.2) is 64.9 Å². The van der Waals surface area contributed by atoms with Crippen LogP contribution in [0.15, 0.2) is 24.3 Å². The molecule has 0 bridgehead atoms. The molecule has 117 valence electrons. The zero-order chi connectivity index (χ0) is 16.3. The van der Waals surface area contributed by atoms with E-state index in [0.717, 1.165) is 0 Å². The van der Waals surface area contributed by atoms with Crippen molar-refractivity contribution in [1.82, 2.24) is 0 Å². The van der Waals surface area contributed by atoms with Crippen LogP contribution in [0.5, 0.6) is 11.5 Å². The topological polar surface area (TPSA) is 93.1 Å². The van der Waals surface area contributed by atoms with Crippen LogP contribution < -0.4 is 9.47 Å². The van der Waals surface area contributed by atoms with Gasteiger partial charge in [0.15, 0.2) is 0 Å². The molecule has 23 heavy (non-hydrogen) atoms. The largest absolute Gasteiger partial charge is 0.492 e. The number of carboxylic acid groups (broad SMARTS) is 2. The predicted octanol–water partition coefficient (Wildman–Crippen LogP) is 2.65. The smallest absolute Gasteiger partial charge is 0.340 e. The number of carbonyl (C=O) groups is 2. The van der Waals surface area contributed by atoms with Crippen molar-refractivity contribution in [1.29, 1.82) is 0 Å². The average Bonchev–Trinajstić information content (AvgIpc) is 2.48. The van der Waals surface area contributed by atoms with Gasteiger partial charge in [-0.1, -0.05) is 24.3 Å². The quantitative estimate of drug-likeness (QED) is 0.792. The minimum absolute atomic E-state index is 0. The van der Waals surface area contributed by atoms with Gasteiger partial charge in [0, 0.05) is 40.3 Å². The Hall–Kier alpha value is -1.76. The number of hydrogen-bond donors (Lipinski definition) is 2. The molecule has 0 heterocycles. The Bertz CT molecular complexity index is 678. The van der Waals surface area contributed by atoms with Crippen molar-refractivity contribution in [2.24, 2.45) is 0 Å². The molecule has 2 N–H and O–H groups in total. The molecule has 6 nitrogen and oxygen atoms in total. The fraction of sp³-hybridized carbons (Fsp3) is 0.250. The first-order valence-electron chi connectivity index (χ1n) is 6.83. The molecule has 0 aliphatic carbocycles. The molecule has 0 saturated heterocycles. The summed E-state index contributed by atoms with van der Waals surface area (Å²) in [5.74, 6) is -2.64. The van der Waals surface area contributed by atoms with Crippen LogP contribution in [0.3, 0.4) is 0 Å². The summed E-state index contributed by atoms with van der Waals surface area (Å²) in [6.45, 7) is 3.85. The Morgan fingerprint density at radius 3 is 1.48 bits per heavy atom. The van der Waals surface area contributed by atoms with Crippen LogP contribution >= 0.6 is 0 Å². The van der Waals surface area contributed by atoms with Crippen LogP contribution in [0.1, 0.15) is 34.6 Å². The van der Waals surface area contributed by atoms with Gasteiger partial charge in [-0.2, -0.15) is 0 Å². The zero-order valence-corrected chi connectivity index (χ0v) is 15.3. The molecule has 0 aromatic heterocycles. The summed E-state index contributed by atoms with van der Waals surface area (Å²) in [5.41, 5.74) is -0.784. The van der Waals surface area contributed by atoms with Gasteiger partial charge in [-0.25, -0.2) is 9.59 Å². The zero-order valence-electron chi connectivity index (χ0n) is 13.3. The van der Waals surface area contributed by atoms with Crippen molar-refractivity contribution >= 4 is 52.3 Å². The van der Waals surface area contributed by atoms with E-state index in [4.69, 9.17) is 9.47 Å².